The smallest absolute Gasteiger partial charge is 0.253 e. The molecular weight excluding hydrogens is 434 g/mol. The number of hydrogen-bond acceptors (Lipinski definition) is 5. The molecule has 9 heteroatoms. The van der Waals surface area contributed by atoms with Crippen LogP contribution in [0.4, 0.5) is 0 Å². The average molecular weight is 460 g/mol. The molecule has 0 spiro atoms. The van der Waals surface area contributed by atoms with Gasteiger partial charge in [0.1, 0.15) is 0 Å². The lowest BCUT2D eigenvalue weighted by Gasteiger charge is -2.29. The van der Waals surface area contributed by atoms with Crippen LogP contribution in [0, 0.1) is 0 Å². The Hall–Kier alpha value is -1.00. The molecule has 1 aromatic rings. The van der Waals surface area contributed by atoms with Crippen LogP contribution in [0.15, 0.2) is 28.7 Å². The monoisotopic (exact) mass is 459 g/mol. The summed E-state index contributed by atoms with van der Waals surface area (Å²) >= 11 is 3.37. The maximum atomic E-state index is 13.0. The van der Waals surface area contributed by atoms with Gasteiger partial charge >= 0.3 is 0 Å². The van der Waals surface area contributed by atoms with Gasteiger partial charge in [0.05, 0.1) is 11.9 Å². The van der Waals surface area contributed by atoms with Crippen LogP contribution in [0.3, 0.4) is 0 Å². The first-order valence-corrected chi connectivity index (χ1v) is 11.7. The fourth-order valence-corrected chi connectivity index (χ4v) is 5.07. The Kier molecular flexibility index (Phi) is 7.27. The quantitative estimate of drug-likeness (QED) is 0.664. The molecule has 150 valence electrons. The van der Waals surface area contributed by atoms with Gasteiger partial charge in [-0.1, -0.05) is 15.9 Å². The highest BCUT2D eigenvalue weighted by Crippen LogP contribution is 2.17. The SMILES string of the molecule is O=C(c1ccc(Br)cc1)N(CCS(=O)(=O)N1CCNCC1)CC1CCCO1. The summed E-state index contributed by atoms with van der Waals surface area (Å²) in [5.41, 5.74) is 0.552. The predicted octanol–water partition coefficient (Wildman–Crippen LogP) is 1.31. The van der Waals surface area contributed by atoms with Crippen molar-refractivity contribution >= 4 is 31.9 Å². The minimum Gasteiger partial charge on any atom is -0.376 e. The Morgan fingerprint density at radius 3 is 2.59 bits per heavy atom. The molecule has 2 heterocycles. The summed E-state index contributed by atoms with van der Waals surface area (Å²) in [6.07, 6.45) is 1.85. The van der Waals surface area contributed by atoms with Crippen molar-refractivity contribution in [3.63, 3.8) is 0 Å². The Morgan fingerprint density at radius 1 is 1.26 bits per heavy atom. The number of piperazine rings is 1. The number of carbonyl (C=O) groups is 1. The van der Waals surface area contributed by atoms with Gasteiger partial charge in [0.15, 0.2) is 0 Å². The number of ether oxygens (including phenoxy) is 1. The minimum absolute atomic E-state index is 0.0220. The summed E-state index contributed by atoms with van der Waals surface area (Å²) in [5, 5.41) is 3.15. The topological polar surface area (TPSA) is 79.0 Å². The summed E-state index contributed by atoms with van der Waals surface area (Å²) in [4.78, 5) is 14.6. The van der Waals surface area contributed by atoms with Crippen molar-refractivity contribution in [1.82, 2.24) is 14.5 Å². The largest absolute Gasteiger partial charge is 0.376 e. The lowest BCUT2D eigenvalue weighted by atomic mass is 10.1. The van der Waals surface area contributed by atoms with E-state index in [2.05, 4.69) is 21.2 Å². The number of amides is 1. The molecule has 1 amide bonds. The van der Waals surface area contributed by atoms with E-state index in [0.717, 1.165) is 17.3 Å². The Balaban J connectivity index is 1.69. The second-order valence-corrected chi connectivity index (χ2v) is 9.86. The molecule has 2 saturated heterocycles. The molecule has 2 fully saturated rings. The third-order valence-electron chi connectivity index (χ3n) is 4.91. The molecule has 1 unspecified atom stereocenters. The van der Waals surface area contributed by atoms with Crippen molar-refractivity contribution < 1.29 is 17.9 Å². The number of nitrogens with zero attached hydrogens (tertiary/aromatic N) is 2. The molecule has 1 atom stereocenters. The van der Waals surface area contributed by atoms with Gasteiger partial charge in [-0.3, -0.25) is 4.79 Å². The van der Waals surface area contributed by atoms with E-state index in [1.54, 1.807) is 17.0 Å². The van der Waals surface area contributed by atoms with Crippen molar-refractivity contribution in [2.45, 2.75) is 18.9 Å². The number of sulfonamides is 1. The van der Waals surface area contributed by atoms with Gasteiger partial charge in [0.25, 0.3) is 5.91 Å². The van der Waals surface area contributed by atoms with E-state index >= 15 is 0 Å². The molecule has 7 nitrogen and oxygen atoms in total. The van der Waals surface area contributed by atoms with Gasteiger partial charge in [-0.25, -0.2) is 8.42 Å². The fourth-order valence-electron chi connectivity index (χ4n) is 3.36. The molecule has 0 bridgehead atoms. The van der Waals surface area contributed by atoms with Crippen LogP contribution in [0.25, 0.3) is 0 Å². The summed E-state index contributed by atoms with van der Waals surface area (Å²) in [6, 6.07) is 7.13. The molecule has 0 saturated carbocycles. The van der Waals surface area contributed by atoms with Crippen molar-refractivity contribution in [1.29, 1.82) is 0 Å². The number of halogens is 1. The molecule has 1 N–H and O–H groups in total. The average Bonchev–Trinajstić information content (AvgIpc) is 3.19. The third-order valence-corrected chi connectivity index (χ3v) is 7.29. The van der Waals surface area contributed by atoms with E-state index in [9.17, 15) is 13.2 Å². The first kappa shape index (κ1) is 20.7. The standard InChI is InChI=1S/C18H26BrN3O4S/c19-16-5-3-15(4-6-16)18(23)21(14-17-2-1-12-26-17)11-13-27(24,25)22-9-7-20-8-10-22/h3-6,17,20H,1-2,7-14H2. The summed E-state index contributed by atoms with van der Waals surface area (Å²) in [7, 11) is -3.38. The minimum atomic E-state index is -3.38. The fraction of sp³-hybridized carbons (Fsp3) is 0.611. The van der Waals surface area contributed by atoms with Crippen LogP contribution >= 0.6 is 15.9 Å². The first-order chi connectivity index (χ1) is 13.0. The molecule has 0 aromatic heterocycles. The molecular formula is C18H26BrN3O4S. The van der Waals surface area contributed by atoms with Crippen molar-refractivity contribution in [3.8, 4) is 0 Å². The zero-order valence-electron chi connectivity index (χ0n) is 15.3. The maximum absolute atomic E-state index is 13.0. The number of hydrogen-bond donors (Lipinski definition) is 1. The van der Waals surface area contributed by atoms with Crippen molar-refractivity contribution in [2.75, 3.05) is 51.6 Å². The van der Waals surface area contributed by atoms with Crippen molar-refractivity contribution in [3.05, 3.63) is 34.3 Å². The number of rotatable bonds is 7. The first-order valence-electron chi connectivity index (χ1n) is 9.31. The van der Waals surface area contributed by atoms with E-state index in [1.807, 2.05) is 12.1 Å². The van der Waals surface area contributed by atoms with E-state index in [-0.39, 0.29) is 24.3 Å². The highest BCUT2D eigenvalue weighted by atomic mass is 79.9. The van der Waals surface area contributed by atoms with E-state index in [1.165, 1.54) is 4.31 Å². The lowest BCUT2D eigenvalue weighted by Crippen LogP contribution is -2.49. The van der Waals surface area contributed by atoms with Gasteiger partial charge < -0.3 is 15.0 Å². The van der Waals surface area contributed by atoms with E-state index < -0.39 is 10.0 Å². The number of nitrogens with one attached hydrogen (secondary N) is 1. The summed E-state index contributed by atoms with van der Waals surface area (Å²) < 4.78 is 33.4. The van der Waals surface area contributed by atoms with E-state index in [4.69, 9.17) is 4.74 Å². The maximum Gasteiger partial charge on any atom is 0.253 e. The Labute approximate surface area is 169 Å². The second kappa shape index (κ2) is 9.47. The molecule has 1 aromatic carbocycles. The van der Waals surface area contributed by atoms with Crippen LogP contribution in [0.5, 0.6) is 0 Å². The zero-order chi connectivity index (χ0) is 19.3. The molecule has 3 rings (SSSR count). The number of carbonyl (C=O) groups excluding carboxylic acids is 1. The van der Waals surface area contributed by atoms with Crippen LogP contribution in [0.2, 0.25) is 0 Å². The normalized spacial score (nSPS) is 21.3. The van der Waals surface area contributed by atoms with Crippen LogP contribution in [-0.4, -0.2) is 81.3 Å². The lowest BCUT2D eigenvalue weighted by molar-refractivity contribution is 0.0540. The molecule has 0 aliphatic carbocycles. The van der Waals surface area contributed by atoms with Gasteiger partial charge in [0, 0.05) is 55.9 Å². The highest BCUT2D eigenvalue weighted by Gasteiger charge is 2.28. The predicted molar refractivity (Wildman–Crippen MR) is 107 cm³/mol. The Morgan fingerprint density at radius 2 is 1.96 bits per heavy atom. The van der Waals surface area contributed by atoms with Crippen molar-refractivity contribution in [2.24, 2.45) is 0 Å². The van der Waals surface area contributed by atoms with Crippen LogP contribution < -0.4 is 5.32 Å². The van der Waals surface area contributed by atoms with Gasteiger partial charge in [-0.15, -0.1) is 0 Å². The van der Waals surface area contributed by atoms with Gasteiger partial charge in [0.2, 0.25) is 10.0 Å². The van der Waals surface area contributed by atoms with Crippen LogP contribution in [0.1, 0.15) is 23.2 Å². The highest BCUT2D eigenvalue weighted by molar-refractivity contribution is 9.10. The molecule has 2 aliphatic rings. The summed E-state index contributed by atoms with van der Waals surface area (Å²) in [5.74, 6) is -0.226. The third kappa shape index (κ3) is 5.74. The molecule has 2 aliphatic heterocycles. The zero-order valence-corrected chi connectivity index (χ0v) is 17.7. The van der Waals surface area contributed by atoms with Gasteiger partial charge in [-0.05, 0) is 37.1 Å². The van der Waals surface area contributed by atoms with Gasteiger partial charge in [-0.2, -0.15) is 4.31 Å². The summed E-state index contributed by atoms with van der Waals surface area (Å²) in [6.45, 7) is 3.58. The molecule has 0 radical (unpaired) electrons. The van der Waals surface area contributed by atoms with E-state index in [0.29, 0.717) is 44.9 Å². The van der Waals surface area contributed by atoms with Crippen LogP contribution in [-0.2, 0) is 14.8 Å². The second-order valence-electron chi connectivity index (χ2n) is 6.86. The number of benzene rings is 1. The Bertz CT molecular complexity index is 729. The molecule has 27 heavy (non-hydrogen) atoms.